The van der Waals surface area contributed by atoms with Gasteiger partial charge in [0.15, 0.2) is 17.5 Å². The van der Waals surface area contributed by atoms with E-state index >= 15 is 9.59 Å². The van der Waals surface area contributed by atoms with Crippen LogP contribution in [0.3, 0.4) is 0 Å². The number of phenolic OH excluding ortho intramolecular Hbond substituents is 1. The second-order valence-electron chi connectivity index (χ2n) is 30.8. The average molecular weight is 1660 g/mol. The summed E-state index contributed by atoms with van der Waals surface area (Å²) in [5.74, 6) is -14.1. The van der Waals surface area contributed by atoms with E-state index in [4.69, 9.17) is 44.6 Å². The molecule has 0 aromatic heterocycles. The van der Waals surface area contributed by atoms with Gasteiger partial charge < -0.3 is 117 Å². The predicted octanol–water partition coefficient (Wildman–Crippen LogP) is -0.395. The Balaban J connectivity index is 0.993. The molecule has 9 rings (SSSR count). The van der Waals surface area contributed by atoms with Crippen LogP contribution < -0.4 is 48.7 Å². The number of hydrogen-bond acceptors (Lipinski definition) is 27. The first kappa shape index (κ1) is 91.4. The molecule has 4 aromatic rings. The maximum absolute atomic E-state index is 16.1. The minimum Gasteiger partial charge on any atom is -0.508 e. The summed E-state index contributed by atoms with van der Waals surface area (Å²) < 4.78 is 42.6. The van der Waals surface area contributed by atoms with Gasteiger partial charge in [0.2, 0.25) is 41.5 Å². The molecule has 10 amide bonds. The molecule has 644 valence electrons. The SMILES string of the molecule is CC(=O)O[C@H]1C(=O)[C@]2(C)[C@@H](O)C[C@@H]3OC[C@]3(OC(C)=O)[C@@H]2[C@H](OC(=O)c2ccccc2)[C@]2(O)C[C@@H](OC(=O)[C@H](OC(=O)N(C)CCNC(=O)[C@H](CCC(N)=O)NC(=O)[C@H](Cc3ccc(O)cc3)NC(=O)[C@H](CCCCN)NC(=O)[C@H](CO)NC(=O)[C@H](CO)NC(=O)N3CCOCC3)[C@@H](NC(=O)c3ccccc3)c3ccccc3)C(C)=C1C2(C)C. The third kappa shape index (κ3) is 21.3. The third-order valence-corrected chi connectivity index (χ3v) is 22.6. The molecule has 0 unspecified atom stereocenters. The molecule has 37 heteroatoms. The van der Waals surface area contributed by atoms with Crippen molar-refractivity contribution in [2.75, 3.05) is 72.8 Å². The molecule has 119 heavy (non-hydrogen) atoms. The molecule has 2 aliphatic heterocycles. The minimum atomic E-state index is -2.64. The number of Topliss-reactive ketones (excluding diaryl/α,β-unsaturated/α-hetero) is 1. The van der Waals surface area contributed by atoms with Gasteiger partial charge in [-0.15, -0.1) is 0 Å². The first-order chi connectivity index (χ1) is 56.5. The van der Waals surface area contributed by atoms with Crippen LogP contribution in [0.15, 0.2) is 126 Å². The van der Waals surface area contributed by atoms with Crippen molar-refractivity contribution in [2.45, 2.75) is 177 Å². The highest BCUT2D eigenvalue weighted by Crippen LogP contribution is 2.64. The van der Waals surface area contributed by atoms with Gasteiger partial charge >= 0.3 is 36.0 Å². The summed E-state index contributed by atoms with van der Waals surface area (Å²) in [7, 11) is 1.20. The van der Waals surface area contributed by atoms with Crippen LogP contribution in [-0.4, -0.2) is 269 Å². The topological polar surface area (TPSA) is 547 Å². The van der Waals surface area contributed by atoms with Crippen molar-refractivity contribution in [3.63, 3.8) is 0 Å². The summed E-state index contributed by atoms with van der Waals surface area (Å²) in [5.41, 5.74) is 3.02. The fourth-order valence-electron chi connectivity index (χ4n) is 15.9. The van der Waals surface area contributed by atoms with E-state index in [1.807, 2.05) is 0 Å². The van der Waals surface area contributed by atoms with Crippen LogP contribution in [0.25, 0.3) is 0 Å². The summed E-state index contributed by atoms with van der Waals surface area (Å²) in [6, 6.07) is 17.9. The van der Waals surface area contributed by atoms with Gasteiger partial charge in [0.05, 0.1) is 56.0 Å². The molecule has 4 aromatic carbocycles. The Bertz CT molecular complexity index is 4380. The van der Waals surface area contributed by atoms with Crippen LogP contribution in [0.2, 0.25) is 0 Å². The zero-order valence-corrected chi connectivity index (χ0v) is 67.1. The van der Waals surface area contributed by atoms with Crippen molar-refractivity contribution < 1.29 is 126 Å². The van der Waals surface area contributed by atoms with Crippen molar-refractivity contribution in [1.82, 2.24) is 47.0 Å². The highest BCUT2D eigenvalue weighted by molar-refractivity contribution is 5.99. The number of carbonyl (C=O) groups excluding carboxylic acids is 14. The first-order valence-electron chi connectivity index (χ1n) is 39.1. The van der Waals surface area contributed by atoms with Gasteiger partial charge in [-0.1, -0.05) is 92.7 Å². The van der Waals surface area contributed by atoms with Crippen LogP contribution in [0, 0.1) is 16.7 Å². The lowest BCUT2D eigenvalue weighted by molar-refractivity contribution is -0.346. The zero-order chi connectivity index (χ0) is 86.8. The molecule has 37 nitrogen and oxygen atoms in total. The number of aliphatic hydroxyl groups excluding tert-OH is 3. The van der Waals surface area contributed by atoms with E-state index in [0.717, 1.165) is 18.7 Å². The Morgan fingerprint density at radius 1 is 0.681 bits per heavy atom. The molecule has 0 radical (unpaired) electrons. The number of nitrogens with two attached hydrogens (primary N) is 2. The van der Waals surface area contributed by atoms with E-state index in [1.54, 1.807) is 42.5 Å². The standard InChI is InChI=1S/C82H105N11O26/c1-45-58(41-82(112)68(118-75(108)51-23-15-10-16-24-51)66-80(6,59(99)40-60-81(66,44-114-60)119-47(3)97)67(101)64(115-46(2)96)62(45)79(82,4)5)116-76(109)65(63(49-19-11-8-12-20-49)91-69(102)50-21-13-9-14-22-50)117-78(111)92(7)34-33-85-70(103)54(30-31-61(84)100)87-72(105)55(39-48-26-28-52(98)29-27-48)88-71(104)53(25-17-18-32-83)86-73(106)56(42-94)89-74(107)57(43-95)90-77(110)93-35-37-113-38-36-93/h8-16,19-24,26-29,53-60,63-66,68,94-95,98-99,112H,17-18,25,30-44,83H2,1-7H3,(H2,84,100)(H,85,103)(H,86,106)(H,87,105)(H,88,104)(H,89,107)(H,90,110)(H,91,102)/t53-,54-,55-,56-,57-,58+,59-,60-,63-,64+,65+,66+,68-,80+,81+,82+/m0/s1. The van der Waals surface area contributed by atoms with Crippen molar-refractivity contribution in [1.29, 1.82) is 0 Å². The smallest absolute Gasteiger partial charge is 0.410 e. The summed E-state index contributed by atoms with van der Waals surface area (Å²) in [5, 5.41) is 74.9. The summed E-state index contributed by atoms with van der Waals surface area (Å²) in [6.07, 6.45) is -14.2. The van der Waals surface area contributed by atoms with Gasteiger partial charge in [0.1, 0.15) is 65.9 Å². The Hall–Kier alpha value is -11.5. The van der Waals surface area contributed by atoms with E-state index in [0.29, 0.717) is 12.0 Å². The van der Waals surface area contributed by atoms with Crippen LogP contribution >= 0.6 is 0 Å². The van der Waals surface area contributed by atoms with Crippen LogP contribution in [0.4, 0.5) is 9.59 Å². The lowest BCUT2D eigenvalue weighted by Gasteiger charge is -2.67. The first-order valence-corrected chi connectivity index (χ1v) is 39.1. The monoisotopic (exact) mass is 1660 g/mol. The molecule has 2 bridgehead atoms. The van der Waals surface area contributed by atoms with Gasteiger partial charge in [0, 0.05) is 83.7 Å². The number of hydrogen-bond donors (Lipinski definition) is 14. The van der Waals surface area contributed by atoms with Gasteiger partial charge in [-0.2, -0.15) is 0 Å². The number of urea groups is 1. The second-order valence-corrected chi connectivity index (χ2v) is 30.8. The molecular weight excluding hydrogens is 1550 g/mol. The van der Waals surface area contributed by atoms with Gasteiger partial charge in [-0.3, -0.25) is 47.9 Å². The largest absolute Gasteiger partial charge is 0.508 e. The molecule has 0 spiro atoms. The molecule has 5 aliphatic rings. The fraction of sp³-hybridized carbons (Fsp3) is 0.512. The fourth-order valence-corrected chi connectivity index (χ4v) is 15.9. The van der Waals surface area contributed by atoms with Gasteiger partial charge in [-0.25, -0.2) is 19.2 Å². The number of benzene rings is 4. The van der Waals surface area contributed by atoms with Crippen LogP contribution in [-0.2, 0) is 87.5 Å². The quantitative estimate of drug-likeness (QED) is 0.0121. The van der Waals surface area contributed by atoms with Gasteiger partial charge in [0.25, 0.3) is 5.91 Å². The van der Waals surface area contributed by atoms with E-state index in [2.05, 4.69) is 37.2 Å². The molecule has 2 saturated heterocycles. The number of nitrogens with zero attached hydrogens (tertiary/aromatic N) is 2. The molecule has 4 fully saturated rings. The Morgan fingerprint density at radius 3 is 1.82 bits per heavy atom. The molecular formula is C82H105N11O26. The summed E-state index contributed by atoms with van der Waals surface area (Å²) >= 11 is 0. The number of carbonyl (C=O) groups is 14. The Kier molecular flexibility index (Phi) is 31.0. The number of rotatable bonds is 35. The van der Waals surface area contributed by atoms with E-state index in [-0.39, 0.29) is 92.1 Å². The molecule has 2 saturated carbocycles. The number of aliphatic hydroxyl groups is 4. The van der Waals surface area contributed by atoms with Crippen molar-refractivity contribution >= 4 is 83.1 Å². The Labute approximate surface area is 685 Å². The van der Waals surface area contributed by atoms with Gasteiger partial charge in [-0.05, 0) is 105 Å². The van der Waals surface area contributed by atoms with E-state index in [9.17, 15) is 83.1 Å². The predicted molar refractivity (Wildman–Crippen MR) is 417 cm³/mol. The van der Waals surface area contributed by atoms with Crippen molar-refractivity contribution in [2.24, 2.45) is 28.2 Å². The minimum absolute atomic E-state index is 0.00962. The van der Waals surface area contributed by atoms with E-state index < -0.39 is 236 Å². The number of amides is 10. The van der Waals surface area contributed by atoms with E-state index in [1.165, 1.54) is 112 Å². The summed E-state index contributed by atoms with van der Waals surface area (Å²) in [4.78, 5) is 202. The number of aromatic hydroxyl groups is 1. The number of primary amides is 1. The maximum atomic E-state index is 16.1. The number of phenols is 1. The number of nitrogens with one attached hydrogen (secondary N) is 7. The summed E-state index contributed by atoms with van der Waals surface area (Å²) in [6.45, 7) is 5.46. The molecule has 2 heterocycles. The number of ether oxygens (including phenoxy) is 7. The number of likely N-dealkylation sites (N-methyl/N-ethyl adjacent to an activating group) is 1. The second kappa shape index (κ2) is 40.3. The zero-order valence-electron chi connectivity index (χ0n) is 67.1. The number of morpholine rings is 1. The lowest BCUT2D eigenvalue weighted by Crippen LogP contribution is -2.82. The molecule has 3 aliphatic carbocycles. The highest BCUT2D eigenvalue weighted by Gasteiger charge is 2.78. The molecule has 16 N–H and O–H groups in total. The normalized spacial score (nSPS) is 23.9. The third-order valence-electron chi connectivity index (χ3n) is 22.6. The highest BCUT2D eigenvalue weighted by atomic mass is 16.6. The number of esters is 4. The average Bonchev–Trinajstić information content (AvgIpc) is 0.667. The van der Waals surface area contributed by atoms with Crippen LogP contribution in [0.5, 0.6) is 5.75 Å². The van der Waals surface area contributed by atoms with Crippen molar-refractivity contribution in [3.8, 4) is 5.75 Å². The lowest BCUT2D eigenvalue weighted by atomic mass is 9.44. The van der Waals surface area contributed by atoms with Crippen LogP contribution in [0.1, 0.15) is 124 Å². The van der Waals surface area contributed by atoms with Crippen molar-refractivity contribution in [3.05, 3.63) is 149 Å². The number of fused-ring (bicyclic) bond motifs is 5. The number of unbranched alkanes of at least 4 members (excludes halogenated alkanes) is 1. The number of ketones is 1. The maximum Gasteiger partial charge on any atom is 0.410 e. The molecule has 16 atom stereocenters. The Morgan fingerprint density at radius 2 is 1.24 bits per heavy atom.